The monoisotopic (exact) mass is 232 g/mol. The molecular formula is C11H16N6. The first-order chi connectivity index (χ1) is 8.24. The minimum Gasteiger partial charge on any atom is -0.368 e. The van der Waals surface area contributed by atoms with Crippen molar-refractivity contribution in [2.75, 3.05) is 17.2 Å². The Bertz CT molecular complexity index is 451. The summed E-state index contributed by atoms with van der Waals surface area (Å²) in [5.41, 5.74) is 6.62. The average Bonchev–Trinajstić information content (AvgIpc) is 2.80. The van der Waals surface area contributed by atoms with Gasteiger partial charge in [-0.2, -0.15) is 0 Å². The lowest BCUT2D eigenvalue weighted by atomic mass is 10.3. The van der Waals surface area contributed by atoms with Gasteiger partial charge in [0.25, 0.3) is 0 Å². The Morgan fingerprint density at radius 1 is 1.41 bits per heavy atom. The summed E-state index contributed by atoms with van der Waals surface area (Å²) in [6, 6.07) is 3.86. The number of aromatic nitrogens is 3. The average molecular weight is 232 g/mol. The van der Waals surface area contributed by atoms with Gasteiger partial charge in [-0.3, -0.25) is 0 Å². The number of nitrogens with one attached hydrogen (secondary N) is 3. The molecule has 2 heterocycles. The summed E-state index contributed by atoms with van der Waals surface area (Å²) >= 11 is 0. The molecule has 0 aliphatic heterocycles. The Hall–Kier alpha value is -2.08. The number of nitrogens with zero attached hydrogens (tertiary/aromatic N) is 2. The van der Waals surface area contributed by atoms with Gasteiger partial charge in [0.1, 0.15) is 18.0 Å². The predicted octanol–water partition coefficient (Wildman–Crippen LogP) is 1.31. The number of rotatable bonds is 5. The molecule has 0 aromatic carbocycles. The van der Waals surface area contributed by atoms with E-state index in [4.69, 9.17) is 5.73 Å². The highest BCUT2D eigenvalue weighted by atomic mass is 15.1. The topological polar surface area (TPSA) is 91.7 Å². The molecule has 17 heavy (non-hydrogen) atoms. The maximum atomic E-state index is 5.66. The Labute approximate surface area is 99.7 Å². The first-order valence-corrected chi connectivity index (χ1v) is 5.45. The van der Waals surface area contributed by atoms with Crippen molar-refractivity contribution in [3.05, 3.63) is 30.9 Å². The van der Waals surface area contributed by atoms with Gasteiger partial charge in [-0.05, 0) is 13.0 Å². The fourth-order valence-electron chi connectivity index (χ4n) is 1.34. The first-order valence-electron chi connectivity index (χ1n) is 5.45. The van der Waals surface area contributed by atoms with Crippen LogP contribution in [0.4, 0.5) is 17.3 Å². The molecule has 0 bridgehead atoms. The molecule has 0 saturated heterocycles. The molecule has 0 amide bonds. The minimum absolute atomic E-state index is 0.0889. The molecule has 2 aromatic rings. The smallest absolute Gasteiger partial charge is 0.135 e. The Balaban J connectivity index is 2.01. The molecule has 5 N–H and O–H groups in total. The van der Waals surface area contributed by atoms with Crippen LogP contribution in [0.3, 0.4) is 0 Å². The van der Waals surface area contributed by atoms with Gasteiger partial charge in [-0.15, -0.1) is 0 Å². The maximum Gasteiger partial charge on any atom is 0.135 e. The van der Waals surface area contributed by atoms with Crippen molar-refractivity contribution in [3.63, 3.8) is 0 Å². The lowest BCUT2D eigenvalue weighted by Crippen LogP contribution is -2.25. The summed E-state index contributed by atoms with van der Waals surface area (Å²) in [6.45, 7) is 2.62. The third-order valence-electron chi connectivity index (χ3n) is 2.14. The van der Waals surface area contributed by atoms with Crippen molar-refractivity contribution in [2.45, 2.75) is 13.0 Å². The highest BCUT2D eigenvalue weighted by molar-refractivity contribution is 5.57. The molecule has 2 aromatic heterocycles. The fraction of sp³-hybridized carbons (Fsp3) is 0.273. The van der Waals surface area contributed by atoms with Crippen LogP contribution in [-0.2, 0) is 0 Å². The molecule has 6 nitrogen and oxygen atoms in total. The molecule has 0 saturated carbocycles. The third kappa shape index (κ3) is 3.46. The molecule has 2 rings (SSSR count). The zero-order chi connectivity index (χ0) is 12.1. The molecular weight excluding hydrogens is 216 g/mol. The van der Waals surface area contributed by atoms with Crippen molar-refractivity contribution in [2.24, 2.45) is 5.73 Å². The van der Waals surface area contributed by atoms with E-state index in [1.807, 2.05) is 31.5 Å². The maximum absolute atomic E-state index is 5.66. The van der Waals surface area contributed by atoms with Gasteiger partial charge in [0.05, 0.1) is 5.69 Å². The molecule has 0 aliphatic rings. The molecule has 0 spiro atoms. The lowest BCUT2D eigenvalue weighted by molar-refractivity contribution is 0.777. The van der Waals surface area contributed by atoms with E-state index in [0.717, 1.165) is 17.3 Å². The van der Waals surface area contributed by atoms with E-state index in [1.54, 1.807) is 0 Å². The van der Waals surface area contributed by atoms with Crippen molar-refractivity contribution < 1.29 is 0 Å². The second kappa shape index (κ2) is 5.31. The number of nitrogens with two attached hydrogens (primary N) is 1. The van der Waals surface area contributed by atoms with Crippen LogP contribution in [0.25, 0.3) is 0 Å². The third-order valence-corrected chi connectivity index (χ3v) is 2.14. The quantitative estimate of drug-likeness (QED) is 0.624. The summed E-state index contributed by atoms with van der Waals surface area (Å²) < 4.78 is 0. The highest BCUT2D eigenvalue weighted by Crippen LogP contribution is 2.14. The summed E-state index contributed by atoms with van der Waals surface area (Å²) in [5, 5.41) is 6.30. The predicted molar refractivity (Wildman–Crippen MR) is 68.2 cm³/mol. The lowest BCUT2D eigenvalue weighted by Gasteiger charge is -2.09. The van der Waals surface area contributed by atoms with Crippen LogP contribution in [-0.4, -0.2) is 27.5 Å². The molecule has 6 heteroatoms. The molecule has 1 atom stereocenters. The number of H-pyrrole nitrogens is 1. The fourth-order valence-corrected chi connectivity index (χ4v) is 1.34. The number of hydrogen-bond acceptors (Lipinski definition) is 5. The summed E-state index contributed by atoms with van der Waals surface area (Å²) in [6.07, 6.45) is 5.22. The van der Waals surface area contributed by atoms with E-state index in [-0.39, 0.29) is 6.04 Å². The van der Waals surface area contributed by atoms with Crippen LogP contribution >= 0.6 is 0 Å². The molecule has 0 radical (unpaired) electrons. The van der Waals surface area contributed by atoms with Gasteiger partial charge in [0, 0.05) is 31.0 Å². The van der Waals surface area contributed by atoms with Crippen LogP contribution in [0, 0.1) is 0 Å². The first kappa shape index (κ1) is 11.4. The molecule has 1 unspecified atom stereocenters. The van der Waals surface area contributed by atoms with Crippen molar-refractivity contribution in [1.82, 2.24) is 15.0 Å². The normalized spacial score (nSPS) is 12.1. The number of hydrogen-bond donors (Lipinski definition) is 4. The van der Waals surface area contributed by atoms with Crippen LogP contribution in [0.2, 0.25) is 0 Å². The van der Waals surface area contributed by atoms with Crippen molar-refractivity contribution >= 4 is 17.3 Å². The minimum atomic E-state index is 0.0889. The largest absolute Gasteiger partial charge is 0.368 e. The van der Waals surface area contributed by atoms with E-state index < -0.39 is 0 Å². The Kier molecular flexibility index (Phi) is 3.56. The SMILES string of the molecule is CC(N)CNc1cc(Nc2cc[nH]c2)ncn1. The van der Waals surface area contributed by atoms with Crippen LogP contribution in [0.1, 0.15) is 6.92 Å². The van der Waals surface area contributed by atoms with Gasteiger partial charge < -0.3 is 21.4 Å². The highest BCUT2D eigenvalue weighted by Gasteiger charge is 2.00. The second-order valence-corrected chi connectivity index (χ2v) is 3.87. The molecule has 90 valence electrons. The number of aromatic amines is 1. The zero-order valence-electron chi connectivity index (χ0n) is 9.64. The zero-order valence-corrected chi connectivity index (χ0v) is 9.64. The summed E-state index contributed by atoms with van der Waals surface area (Å²) in [5.74, 6) is 1.50. The summed E-state index contributed by atoms with van der Waals surface area (Å²) in [4.78, 5) is 11.2. The van der Waals surface area contributed by atoms with Gasteiger partial charge in [-0.1, -0.05) is 0 Å². The van der Waals surface area contributed by atoms with Crippen LogP contribution < -0.4 is 16.4 Å². The van der Waals surface area contributed by atoms with E-state index in [2.05, 4.69) is 25.6 Å². The summed E-state index contributed by atoms with van der Waals surface area (Å²) in [7, 11) is 0. The van der Waals surface area contributed by atoms with Gasteiger partial charge in [0.2, 0.25) is 0 Å². The van der Waals surface area contributed by atoms with Gasteiger partial charge in [-0.25, -0.2) is 9.97 Å². The Morgan fingerprint density at radius 2 is 2.24 bits per heavy atom. The van der Waals surface area contributed by atoms with Gasteiger partial charge in [0.15, 0.2) is 0 Å². The second-order valence-electron chi connectivity index (χ2n) is 3.87. The van der Waals surface area contributed by atoms with E-state index in [0.29, 0.717) is 6.54 Å². The van der Waals surface area contributed by atoms with Gasteiger partial charge >= 0.3 is 0 Å². The van der Waals surface area contributed by atoms with Crippen molar-refractivity contribution in [3.8, 4) is 0 Å². The Morgan fingerprint density at radius 3 is 2.94 bits per heavy atom. The molecule has 0 fully saturated rings. The number of anilines is 3. The van der Waals surface area contributed by atoms with E-state index in [1.165, 1.54) is 6.33 Å². The van der Waals surface area contributed by atoms with Crippen LogP contribution in [0.15, 0.2) is 30.9 Å². The standard InChI is InChI=1S/C11H16N6/c1-8(12)5-14-10-4-11(16-7-15-10)17-9-2-3-13-6-9/h2-4,6-8,13H,5,12H2,1H3,(H2,14,15,16,17). The van der Waals surface area contributed by atoms with Crippen LogP contribution in [0.5, 0.6) is 0 Å². The van der Waals surface area contributed by atoms with E-state index in [9.17, 15) is 0 Å². The molecule has 0 aliphatic carbocycles. The van der Waals surface area contributed by atoms with Crippen molar-refractivity contribution in [1.29, 1.82) is 0 Å². The van der Waals surface area contributed by atoms with E-state index >= 15 is 0 Å².